The number of nitrogens with one attached hydrogen (secondary N) is 2. The molecule has 1 fully saturated rings. The van der Waals surface area contributed by atoms with Gasteiger partial charge in [0.25, 0.3) is 5.91 Å². The summed E-state index contributed by atoms with van der Waals surface area (Å²) in [6.07, 6.45) is -1.70. The van der Waals surface area contributed by atoms with E-state index in [-0.39, 0.29) is 36.9 Å². The van der Waals surface area contributed by atoms with E-state index in [2.05, 4.69) is 25.5 Å². The van der Waals surface area contributed by atoms with Gasteiger partial charge >= 0.3 is 13.8 Å². The Bertz CT molecular complexity index is 1540. The number of fused-ring (bicyclic) bond motifs is 1. The first-order valence-electron chi connectivity index (χ1n) is 14.6. The SMILES string of the molecule is CCOP(=O)(Cc1ccc(Nc2ncc(C(F)(F)F)c(Nc3ccc(CN4CCCC4)c4c3C(=O)N(C)C4)n2)cc1)OCC. The molecular weight excluding hydrogens is 596 g/mol. The maximum absolute atomic E-state index is 14.0. The number of anilines is 4. The predicted octanol–water partition coefficient (Wildman–Crippen LogP) is 6.93. The molecule has 3 heterocycles. The lowest BCUT2D eigenvalue weighted by atomic mass is 10.0. The zero-order valence-corrected chi connectivity index (χ0v) is 25.8. The summed E-state index contributed by atoms with van der Waals surface area (Å²) in [6, 6.07) is 10.3. The topological polar surface area (TPSA) is 109 Å². The van der Waals surface area contributed by atoms with Gasteiger partial charge in [-0.15, -0.1) is 0 Å². The van der Waals surface area contributed by atoms with Gasteiger partial charge in [-0.2, -0.15) is 18.2 Å². The molecule has 236 valence electrons. The summed E-state index contributed by atoms with van der Waals surface area (Å²) in [7, 11) is -1.62. The molecule has 1 amide bonds. The van der Waals surface area contributed by atoms with Crippen LogP contribution in [0.1, 0.15) is 59.3 Å². The van der Waals surface area contributed by atoms with Crippen molar-refractivity contribution in [3.63, 3.8) is 0 Å². The summed E-state index contributed by atoms with van der Waals surface area (Å²) in [4.78, 5) is 25.1. The third-order valence-corrected chi connectivity index (χ3v) is 9.60. The first-order chi connectivity index (χ1) is 21.0. The van der Waals surface area contributed by atoms with Crippen molar-refractivity contribution in [1.82, 2.24) is 19.8 Å². The number of likely N-dealkylation sites (tertiary alicyclic amines) is 1. The van der Waals surface area contributed by atoms with Crippen LogP contribution in [0.4, 0.5) is 36.3 Å². The molecule has 2 aromatic carbocycles. The Balaban J connectivity index is 1.40. The summed E-state index contributed by atoms with van der Waals surface area (Å²) in [5, 5.41) is 5.73. The molecule has 3 aromatic rings. The summed E-state index contributed by atoms with van der Waals surface area (Å²) in [5.74, 6) is -0.809. The van der Waals surface area contributed by atoms with Crippen molar-refractivity contribution < 1.29 is 31.6 Å². The lowest BCUT2D eigenvalue weighted by Crippen LogP contribution is -2.19. The highest BCUT2D eigenvalue weighted by Gasteiger charge is 2.37. The molecule has 1 aromatic heterocycles. The van der Waals surface area contributed by atoms with Crippen LogP contribution in [0.15, 0.2) is 42.6 Å². The molecule has 0 unspecified atom stereocenters. The van der Waals surface area contributed by atoms with Crippen LogP contribution in [0, 0.1) is 0 Å². The van der Waals surface area contributed by atoms with Gasteiger partial charge in [0.2, 0.25) is 5.95 Å². The van der Waals surface area contributed by atoms with E-state index in [1.807, 2.05) is 6.07 Å². The Morgan fingerprint density at radius 2 is 1.68 bits per heavy atom. The fourth-order valence-electron chi connectivity index (χ4n) is 5.49. The maximum atomic E-state index is 14.0. The molecular formula is C30H36F3N6O4P. The van der Waals surface area contributed by atoms with E-state index in [4.69, 9.17) is 9.05 Å². The fourth-order valence-corrected chi connectivity index (χ4v) is 7.19. The third-order valence-electron chi connectivity index (χ3n) is 7.54. The molecule has 2 aliphatic rings. The van der Waals surface area contributed by atoms with Crippen LogP contribution >= 0.6 is 7.60 Å². The highest BCUT2D eigenvalue weighted by Crippen LogP contribution is 2.51. The molecule has 0 bridgehead atoms. The number of alkyl halides is 3. The number of hydrogen-bond donors (Lipinski definition) is 2. The van der Waals surface area contributed by atoms with Crippen LogP contribution in [-0.2, 0) is 39.0 Å². The quantitative estimate of drug-likeness (QED) is 0.206. The number of aromatic nitrogens is 2. The Morgan fingerprint density at radius 3 is 2.32 bits per heavy atom. The molecule has 0 saturated carbocycles. The van der Waals surface area contributed by atoms with Gasteiger partial charge in [-0.25, -0.2) is 4.98 Å². The van der Waals surface area contributed by atoms with Gasteiger partial charge in [0, 0.05) is 32.0 Å². The summed E-state index contributed by atoms with van der Waals surface area (Å²) in [5.41, 5.74) is 2.57. The monoisotopic (exact) mass is 632 g/mol. The largest absolute Gasteiger partial charge is 0.421 e. The third kappa shape index (κ3) is 7.23. The molecule has 0 aliphatic carbocycles. The van der Waals surface area contributed by atoms with Crippen LogP contribution in [0.25, 0.3) is 0 Å². The summed E-state index contributed by atoms with van der Waals surface area (Å²) < 4.78 is 65.7. The van der Waals surface area contributed by atoms with Crippen molar-refractivity contribution in [3.05, 3.63) is 70.4 Å². The summed E-state index contributed by atoms with van der Waals surface area (Å²) >= 11 is 0. The van der Waals surface area contributed by atoms with Gasteiger partial charge in [0.1, 0.15) is 11.4 Å². The predicted molar refractivity (Wildman–Crippen MR) is 161 cm³/mol. The minimum atomic E-state index is -4.74. The van der Waals surface area contributed by atoms with Crippen LogP contribution in [0.5, 0.6) is 0 Å². The Morgan fingerprint density at radius 1 is 1.00 bits per heavy atom. The van der Waals surface area contributed by atoms with E-state index in [0.29, 0.717) is 36.1 Å². The zero-order chi connectivity index (χ0) is 31.5. The van der Waals surface area contributed by atoms with Gasteiger partial charge < -0.3 is 24.6 Å². The maximum Gasteiger partial charge on any atom is 0.421 e. The van der Waals surface area contributed by atoms with E-state index < -0.39 is 25.2 Å². The molecule has 1 saturated heterocycles. The first kappa shape index (κ1) is 31.9. The molecule has 0 spiro atoms. The minimum absolute atomic E-state index is 0.0757. The molecule has 2 aliphatic heterocycles. The lowest BCUT2D eigenvalue weighted by molar-refractivity contribution is -0.137. The molecule has 10 nitrogen and oxygen atoms in total. The highest BCUT2D eigenvalue weighted by atomic mass is 31.2. The Labute approximate surface area is 254 Å². The Kier molecular flexibility index (Phi) is 9.59. The van der Waals surface area contributed by atoms with E-state index in [1.54, 1.807) is 56.1 Å². The fraction of sp³-hybridized carbons (Fsp3) is 0.433. The van der Waals surface area contributed by atoms with E-state index in [1.165, 1.54) is 0 Å². The van der Waals surface area contributed by atoms with Crippen LogP contribution in [-0.4, -0.2) is 59.0 Å². The molecule has 44 heavy (non-hydrogen) atoms. The second kappa shape index (κ2) is 13.2. The van der Waals surface area contributed by atoms with E-state index >= 15 is 0 Å². The molecule has 0 atom stereocenters. The van der Waals surface area contributed by atoms with Gasteiger partial charge in [0.15, 0.2) is 0 Å². The lowest BCUT2D eigenvalue weighted by Gasteiger charge is -2.19. The first-order valence-corrected chi connectivity index (χ1v) is 16.3. The van der Waals surface area contributed by atoms with E-state index in [0.717, 1.165) is 37.1 Å². The van der Waals surface area contributed by atoms with Crippen molar-refractivity contribution >= 4 is 36.6 Å². The summed E-state index contributed by atoms with van der Waals surface area (Å²) in [6.45, 7) is 7.00. The number of carbonyl (C=O) groups excluding carboxylic acids is 1. The number of nitrogens with zero attached hydrogens (tertiary/aromatic N) is 4. The van der Waals surface area contributed by atoms with Gasteiger partial charge in [-0.1, -0.05) is 18.2 Å². The zero-order valence-electron chi connectivity index (χ0n) is 24.9. The second-order valence-corrected chi connectivity index (χ2v) is 12.8. The van der Waals surface area contributed by atoms with Crippen LogP contribution in [0.2, 0.25) is 0 Å². The van der Waals surface area contributed by atoms with Gasteiger partial charge in [-0.05, 0) is 74.7 Å². The van der Waals surface area contributed by atoms with Crippen molar-refractivity contribution in [1.29, 1.82) is 0 Å². The second-order valence-electron chi connectivity index (χ2n) is 10.8. The van der Waals surface area contributed by atoms with Crippen LogP contribution in [0.3, 0.4) is 0 Å². The van der Waals surface area contributed by atoms with Crippen molar-refractivity contribution in [2.24, 2.45) is 0 Å². The van der Waals surface area contributed by atoms with Crippen molar-refractivity contribution in [2.75, 3.05) is 44.0 Å². The van der Waals surface area contributed by atoms with Crippen LogP contribution < -0.4 is 10.6 Å². The number of benzene rings is 2. The molecule has 14 heteroatoms. The molecule has 2 N–H and O–H groups in total. The number of rotatable bonds is 12. The number of carbonyl (C=O) groups is 1. The number of amides is 1. The standard InChI is InChI=1S/C30H36F3N6O4P/c1-4-42-44(41,43-5-2)19-20-8-11-22(12-9-20)35-29-34-16-24(30(31,32)33)27(37-29)36-25-13-10-21(17-39-14-6-7-15-39)23-18-38(3)28(40)26(23)25/h8-13,16H,4-7,14-15,17-19H2,1-3H3,(H2,34,35,36,37). The van der Waals surface area contributed by atoms with E-state index in [9.17, 15) is 22.5 Å². The highest BCUT2D eigenvalue weighted by molar-refractivity contribution is 7.53. The van der Waals surface area contributed by atoms with Gasteiger partial charge in [0.05, 0.1) is 30.6 Å². The number of hydrogen-bond acceptors (Lipinski definition) is 9. The van der Waals surface area contributed by atoms with Gasteiger partial charge in [-0.3, -0.25) is 14.3 Å². The van der Waals surface area contributed by atoms with Crippen molar-refractivity contribution in [3.8, 4) is 0 Å². The minimum Gasteiger partial charge on any atom is -0.339 e. The average Bonchev–Trinajstić information content (AvgIpc) is 3.58. The number of halogens is 3. The molecule has 5 rings (SSSR count). The molecule has 0 radical (unpaired) electrons. The normalized spacial score (nSPS) is 15.6. The smallest absolute Gasteiger partial charge is 0.339 e. The van der Waals surface area contributed by atoms with Crippen molar-refractivity contribution in [2.45, 2.75) is 52.1 Å². The average molecular weight is 633 g/mol. The Hall–Kier alpha value is -3.51.